The quantitative estimate of drug-likeness (QED) is 0.589. The minimum atomic E-state index is -0.112. The van der Waals surface area contributed by atoms with E-state index in [1.807, 2.05) is 42.2 Å². The summed E-state index contributed by atoms with van der Waals surface area (Å²) < 4.78 is 12.7. The van der Waals surface area contributed by atoms with Gasteiger partial charge in [-0.05, 0) is 49.6 Å². The molecular weight excluding hydrogens is 408 g/mol. The molecule has 0 aliphatic carbocycles. The Balaban J connectivity index is 1.65. The summed E-state index contributed by atoms with van der Waals surface area (Å²) in [5.74, 6) is 0.282. The standard InChI is InChI=1S/C21H21BrN2O3/c1-14-18-10-16(22)6-7-19(18)27-20(14)21(25)24(13-17-5-3-9-26-17)12-15-4-2-8-23-11-15/h2,4,6-8,10-11,17H,3,5,9,12-13H2,1H3. The third-order valence-corrected chi connectivity index (χ3v) is 5.42. The van der Waals surface area contributed by atoms with Gasteiger partial charge < -0.3 is 14.1 Å². The van der Waals surface area contributed by atoms with Crippen molar-refractivity contribution in [3.8, 4) is 0 Å². The van der Waals surface area contributed by atoms with Crippen molar-refractivity contribution in [3.63, 3.8) is 0 Å². The molecule has 1 atom stereocenters. The minimum Gasteiger partial charge on any atom is -0.451 e. The predicted octanol–water partition coefficient (Wildman–Crippen LogP) is 4.72. The average molecular weight is 429 g/mol. The maximum absolute atomic E-state index is 13.4. The Morgan fingerprint density at radius 2 is 2.26 bits per heavy atom. The normalized spacial score (nSPS) is 16.7. The lowest BCUT2D eigenvalue weighted by molar-refractivity contribution is 0.0484. The molecule has 0 saturated carbocycles. The molecular formula is C21H21BrN2O3. The third kappa shape index (κ3) is 3.92. The molecule has 2 aromatic heterocycles. The first-order valence-electron chi connectivity index (χ1n) is 9.10. The van der Waals surface area contributed by atoms with E-state index in [9.17, 15) is 4.79 Å². The topological polar surface area (TPSA) is 55.6 Å². The number of nitrogens with zero attached hydrogens (tertiary/aromatic N) is 2. The van der Waals surface area contributed by atoms with Crippen LogP contribution >= 0.6 is 15.9 Å². The monoisotopic (exact) mass is 428 g/mol. The number of benzene rings is 1. The Morgan fingerprint density at radius 1 is 1.37 bits per heavy atom. The van der Waals surface area contributed by atoms with Gasteiger partial charge in [-0.3, -0.25) is 9.78 Å². The van der Waals surface area contributed by atoms with Crippen molar-refractivity contribution in [1.82, 2.24) is 9.88 Å². The molecule has 1 saturated heterocycles. The summed E-state index contributed by atoms with van der Waals surface area (Å²) in [4.78, 5) is 19.3. The maximum atomic E-state index is 13.4. The lowest BCUT2D eigenvalue weighted by Gasteiger charge is -2.25. The number of carbonyl (C=O) groups is 1. The van der Waals surface area contributed by atoms with Crippen LogP contribution in [0.4, 0.5) is 0 Å². The second-order valence-electron chi connectivity index (χ2n) is 6.88. The molecule has 5 nitrogen and oxygen atoms in total. The molecule has 6 heteroatoms. The van der Waals surface area contributed by atoms with E-state index in [4.69, 9.17) is 9.15 Å². The van der Waals surface area contributed by atoms with E-state index in [0.29, 0.717) is 18.8 Å². The number of amides is 1. The van der Waals surface area contributed by atoms with Crippen LogP contribution < -0.4 is 0 Å². The zero-order valence-corrected chi connectivity index (χ0v) is 16.7. The molecule has 0 bridgehead atoms. The molecule has 0 radical (unpaired) electrons. The second kappa shape index (κ2) is 7.82. The molecule has 27 heavy (non-hydrogen) atoms. The van der Waals surface area contributed by atoms with Gasteiger partial charge in [-0.15, -0.1) is 0 Å². The van der Waals surface area contributed by atoms with E-state index in [0.717, 1.165) is 46.0 Å². The molecule has 3 aromatic rings. The van der Waals surface area contributed by atoms with Crippen molar-refractivity contribution in [3.05, 3.63) is 64.1 Å². The molecule has 140 valence electrons. The first-order valence-corrected chi connectivity index (χ1v) is 9.89. The summed E-state index contributed by atoms with van der Waals surface area (Å²) in [5, 5.41) is 0.950. The van der Waals surface area contributed by atoms with Gasteiger partial charge >= 0.3 is 0 Å². The zero-order chi connectivity index (χ0) is 18.8. The molecule has 0 spiro atoms. The van der Waals surface area contributed by atoms with E-state index in [1.165, 1.54) is 0 Å². The van der Waals surface area contributed by atoms with Crippen LogP contribution in [0.3, 0.4) is 0 Å². The fraction of sp³-hybridized carbons (Fsp3) is 0.333. The van der Waals surface area contributed by atoms with Gasteiger partial charge in [-0.2, -0.15) is 0 Å². The lowest BCUT2D eigenvalue weighted by atomic mass is 10.1. The van der Waals surface area contributed by atoms with Crippen LogP contribution in [-0.2, 0) is 11.3 Å². The summed E-state index contributed by atoms with van der Waals surface area (Å²) >= 11 is 3.48. The van der Waals surface area contributed by atoms with Crippen molar-refractivity contribution in [2.75, 3.05) is 13.2 Å². The summed E-state index contributed by atoms with van der Waals surface area (Å²) in [6.07, 6.45) is 5.61. The van der Waals surface area contributed by atoms with E-state index < -0.39 is 0 Å². The number of halogens is 1. The number of fused-ring (bicyclic) bond motifs is 1. The Morgan fingerprint density at radius 3 is 3.00 bits per heavy atom. The minimum absolute atomic E-state index is 0.0736. The lowest BCUT2D eigenvalue weighted by Crippen LogP contribution is -2.37. The Hall–Kier alpha value is -2.18. The Labute approximate surface area is 166 Å². The molecule has 1 aliphatic heterocycles. The first-order chi connectivity index (χ1) is 13.1. The second-order valence-corrected chi connectivity index (χ2v) is 7.79. The van der Waals surface area contributed by atoms with Crippen LogP contribution in [-0.4, -0.2) is 35.0 Å². The highest BCUT2D eigenvalue weighted by molar-refractivity contribution is 9.10. The molecule has 1 aliphatic rings. The number of hydrogen-bond donors (Lipinski definition) is 0. The number of rotatable bonds is 5. The van der Waals surface area contributed by atoms with Crippen LogP contribution in [0.5, 0.6) is 0 Å². The van der Waals surface area contributed by atoms with Gasteiger partial charge in [0.15, 0.2) is 5.76 Å². The Bertz CT molecular complexity index is 949. The molecule has 0 N–H and O–H groups in total. The summed E-state index contributed by atoms with van der Waals surface area (Å²) in [6, 6.07) is 9.64. The number of pyridine rings is 1. The number of furan rings is 1. The van der Waals surface area contributed by atoms with E-state index in [-0.39, 0.29) is 12.0 Å². The van der Waals surface area contributed by atoms with Gasteiger partial charge in [0.1, 0.15) is 5.58 Å². The van der Waals surface area contributed by atoms with Gasteiger partial charge in [-0.1, -0.05) is 22.0 Å². The van der Waals surface area contributed by atoms with Crippen LogP contribution in [0.15, 0.2) is 51.6 Å². The number of carbonyl (C=O) groups excluding carboxylic acids is 1. The van der Waals surface area contributed by atoms with Crippen molar-refractivity contribution in [1.29, 1.82) is 0 Å². The van der Waals surface area contributed by atoms with Gasteiger partial charge in [-0.25, -0.2) is 0 Å². The zero-order valence-electron chi connectivity index (χ0n) is 15.2. The summed E-state index contributed by atoms with van der Waals surface area (Å²) in [7, 11) is 0. The van der Waals surface area contributed by atoms with Crippen LogP contribution in [0.25, 0.3) is 11.0 Å². The van der Waals surface area contributed by atoms with Gasteiger partial charge in [0.05, 0.1) is 6.10 Å². The molecule has 4 rings (SSSR count). The van der Waals surface area contributed by atoms with Crippen molar-refractivity contribution in [2.24, 2.45) is 0 Å². The van der Waals surface area contributed by atoms with Gasteiger partial charge in [0.25, 0.3) is 5.91 Å². The Kier molecular flexibility index (Phi) is 5.27. The number of aryl methyl sites for hydroxylation is 1. The first kappa shape index (κ1) is 18.2. The van der Waals surface area contributed by atoms with E-state index in [1.54, 1.807) is 12.4 Å². The van der Waals surface area contributed by atoms with Crippen molar-refractivity contribution >= 4 is 32.8 Å². The van der Waals surface area contributed by atoms with Crippen molar-refractivity contribution in [2.45, 2.75) is 32.4 Å². The molecule has 1 amide bonds. The molecule has 3 heterocycles. The van der Waals surface area contributed by atoms with Gasteiger partial charge in [0.2, 0.25) is 0 Å². The number of ether oxygens (including phenoxy) is 1. The highest BCUT2D eigenvalue weighted by atomic mass is 79.9. The molecule has 1 aromatic carbocycles. The van der Waals surface area contributed by atoms with E-state index >= 15 is 0 Å². The highest BCUT2D eigenvalue weighted by Gasteiger charge is 2.27. The molecule has 1 unspecified atom stereocenters. The largest absolute Gasteiger partial charge is 0.451 e. The number of aromatic nitrogens is 1. The van der Waals surface area contributed by atoms with E-state index in [2.05, 4.69) is 20.9 Å². The van der Waals surface area contributed by atoms with Crippen LogP contribution in [0.1, 0.15) is 34.5 Å². The SMILES string of the molecule is Cc1c(C(=O)N(Cc2cccnc2)CC2CCCO2)oc2ccc(Br)cc12. The maximum Gasteiger partial charge on any atom is 0.290 e. The molecule has 1 fully saturated rings. The number of hydrogen-bond acceptors (Lipinski definition) is 4. The average Bonchev–Trinajstić information content (AvgIpc) is 3.30. The van der Waals surface area contributed by atoms with Crippen LogP contribution in [0, 0.1) is 6.92 Å². The fourth-order valence-electron chi connectivity index (χ4n) is 3.51. The highest BCUT2D eigenvalue weighted by Crippen LogP contribution is 2.29. The summed E-state index contributed by atoms with van der Waals surface area (Å²) in [6.45, 7) is 3.72. The predicted molar refractivity (Wildman–Crippen MR) is 107 cm³/mol. The van der Waals surface area contributed by atoms with Crippen molar-refractivity contribution < 1.29 is 13.9 Å². The summed E-state index contributed by atoms with van der Waals surface area (Å²) in [5.41, 5.74) is 2.57. The van der Waals surface area contributed by atoms with Crippen LogP contribution in [0.2, 0.25) is 0 Å². The van der Waals surface area contributed by atoms with Gasteiger partial charge in [0, 0.05) is 47.5 Å². The smallest absolute Gasteiger partial charge is 0.290 e. The third-order valence-electron chi connectivity index (χ3n) is 4.92. The fourth-order valence-corrected chi connectivity index (χ4v) is 3.87.